The molecule has 4 rings (SSSR count). The number of hydrogen-bond donors (Lipinski definition) is 3. The summed E-state index contributed by atoms with van der Waals surface area (Å²) in [5.74, 6) is -1.96. The van der Waals surface area contributed by atoms with E-state index in [1.807, 2.05) is 13.0 Å². The predicted molar refractivity (Wildman–Crippen MR) is 148 cm³/mol. The number of thioether (sulfide) groups is 1. The fraction of sp³-hybridized carbons (Fsp3) is 0.586. The Balaban J connectivity index is 1.81. The number of carbonyl (C=O) groups excluding carboxylic acids is 2. The Labute approximate surface area is 232 Å². The lowest BCUT2D eigenvalue weighted by Crippen LogP contribution is -2.57. The van der Waals surface area contributed by atoms with Gasteiger partial charge in [0.05, 0.1) is 17.1 Å². The van der Waals surface area contributed by atoms with Crippen LogP contribution in [0.4, 0.5) is 8.78 Å². The van der Waals surface area contributed by atoms with E-state index < -0.39 is 35.5 Å². The Hall–Kier alpha value is -1.74. The SMILES string of the molecule is CC(/C=C\C=C(\F)CF)[C@H]1[C@H](C(=O)N[C@H]2C[C@@](C)(O)C2)N[C@H](CC(C)(C)C)[C@]12C(=O)Sc1cc(Cl)ccc12. The maximum atomic E-state index is 14.1. The highest BCUT2D eigenvalue weighted by Gasteiger charge is 2.66. The van der Waals surface area contributed by atoms with Crippen LogP contribution in [0.5, 0.6) is 0 Å². The molecule has 1 saturated heterocycles. The Morgan fingerprint density at radius 1 is 1.37 bits per heavy atom. The van der Waals surface area contributed by atoms with Gasteiger partial charge < -0.3 is 15.7 Å². The van der Waals surface area contributed by atoms with Crippen molar-refractivity contribution in [2.75, 3.05) is 6.67 Å². The summed E-state index contributed by atoms with van der Waals surface area (Å²) in [6.45, 7) is 8.76. The molecule has 1 aliphatic carbocycles. The summed E-state index contributed by atoms with van der Waals surface area (Å²) in [6, 6.07) is 4.25. The summed E-state index contributed by atoms with van der Waals surface area (Å²) >= 11 is 7.45. The van der Waals surface area contributed by atoms with Gasteiger partial charge in [-0.05, 0) is 61.3 Å². The van der Waals surface area contributed by atoms with Crippen LogP contribution in [0.3, 0.4) is 0 Å². The van der Waals surface area contributed by atoms with Gasteiger partial charge in [0.25, 0.3) is 0 Å². The van der Waals surface area contributed by atoms with Crippen molar-refractivity contribution in [3.8, 4) is 0 Å². The number of rotatable bonds is 7. The molecule has 2 heterocycles. The van der Waals surface area contributed by atoms with Crippen LogP contribution < -0.4 is 10.6 Å². The fourth-order valence-corrected chi connectivity index (χ4v) is 8.02. The molecule has 2 fully saturated rings. The molecule has 9 heteroatoms. The number of fused-ring (bicyclic) bond motifs is 2. The third-order valence-corrected chi connectivity index (χ3v) is 9.26. The second kappa shape index (κ2) is 10.7. The monoisotopic (exact) mass is 566 g/mol. The Kier molecular flexibility index (Phi) is 8.22. The summed E-state index contributed by atoms with van der Waals surface area (Å²) in [7, 11) is 0. The highest BCUT2D eigenvalue weighted by Crippen LogP contribution is 2.59. The summed E-state index contributed by atoms with van der Waals surface area (Å²) in [4.78, 5) is 28.7. The van der Waals surface area contributed by atoms with E-state index >= 15 is 0 Å². The first kappa shape index (κ1) is 29.2. The van der Waals surface area contributed by atoms with Crippen molar-refractivity contribution in [1.82, 2.24) is 10.6 Å². The first-order valence-corrected chi connectivity index (χ1v) is 14.3. The molecule has 5 atom stereocenters. The number of carbonyl (C=O) groups is 2. The van der Waals surface area contributed by atoms with Gasteiger partial charge >= 0.3 is 0 Å². The van der Waals surface area contributed by atoms with Gasteiger partial charge in [0.1, 0.15) is 12.5 Å². The lowest BCUT2D eigenvalue weighted by atomic mass is 9.61. The van der Waals surface area contributed by atoms with Crippen LogP contribution >= 0.6 is 23.4 Å². The van der Waals surface area contributed by atoms with Crippen LogP contribution in [-0.4, -0.2) is 46.5 Å². The third-order valence-electron chi connectivity index (χ3n) is 7.95. The van der Waals surface area contributed by atoms with Crippen molar-refractivity contribution in [3.63, 3.8) is 0 Å². The van der Waals surface area contributed by atoms with Gasteiger partial charge in [-0.15, -0.1) is 0 Å². The van der Waals surface area contributed by atoms with Crippen molar-refractivity contribution >= 4 is 34.4 Å². The largest absolute Gasteiger partial charge is 0.390 e. The lowest BCUT2D eigenvalue weighted by Gasteiger charge is -2.42. The van der Waals surface area contributed by atoms with Gasteiger partial charge in [0.15, 0.2) is 0 Å². The zero-order valence-corrected chi connectivity index (χ0v) is 24.1. The second-order valence-corrected chi connectivity index (χ2v) is 13.9. The van der Waals surface area contributed by atoms with E-state index in [0.29, 0.717) is 24.3 Å². The van der Waals surface area contributed by atoms with E-state index in [9.17, 15) is 23.5 Å². The maximum absolute atomic E-state index is 14.1. The number of amides is 1. The van der Waals surface area contributed by atoms with E-state index in [-0.39, 0.29) is 34.4 Å². The van der Waals surface area contributed by atoms with Gasteiger partial charge in [-0.1, -0.05) is 69.3 Å². The summed E-state index contributed by atoms with van der Waals surface area (Å²) in [5, 5.41) is 17.3. The first-order valence-electron chi connectivity index (χ1n) is 13.1. The standard InChI is InChI=1S/C29H37ClF2N2O3S/c1-16(7-6-8-18(32)15-31)23-24(25(35)33-19-12-28(5,37)13-19)34-22(14-27(2,3)4)29(23)20-10-9-17(30)11-21(20)38-26(29)36/h6-11,16,19,22-24,34,37H,12-15H2,1-5H3,(H,33,35)/b7-6-,18-8+/t16?,19-,22-,23+,24-,28+,29+/m1/s1. The molecule has 2 aliphatic heterocycles. The van der Waals surface area contributed by atoms with Crippen LogP contribution in [0.2, 0.25) is 5.02 Å². The van der Waals surface area contributed by atoms with Gasteiger partial charge in [-0.25, -0.2) is 8.78 Å². The molecule has 0 radical (unpaired) electrons. The van der Waals surface area contributed by atoms with E-state index in [0.717, 1.165) is 28.3 Å². The molecular formula is C29H37ClF2N2O3S. The average Bonchev–Trinajstić information content (AvgIpc) is 3.26. The molecule has 1 spiro atoms. The smallest absolute Gasteiger partial charge is 0.237 e. The molecule has 1 saturated carbocycles. The quantitative estimate of drug-likeness (QED) is 0.372. The van der Waals surface area contributed by atoms with E-state index in [4.69, 9.17) is 11.6 Å². The van der Waals surface area contributed by atoms with Gasteiger partial charge in [-0.3, -0.25) is 9.59 Å². The number of aliphatic hydroxyl groups is 1. The van der Waals surface area contributed by atoms with Gasteiger partial charge in [0, 0.05) is 27.9 Å². The highest BCUT2D eigenvalue weighted by molar-refractivity contribution is 8.14. The summed E-state index contributed by atoms with van der Waals surface area (Å²) < 4.78 is 26.2. The van der Waals surface area contributed by atoms with E-state index in [2.05, 4.69) is 31.4 Å². The molecule has 38 heavy (non-hydrogen) atoms. The zero-order valence-electron chi connectivity index (χ0n) is 22.5. The predicted octanol–water partition coefficient (Wildman–Crippen LogP) is 5.65. The Morgan fingerprint density at radius 2 is 2.05 bits per heavy atom. The van der Waals surface area contributed by atoms with Crippen molar-refractivity contribution in [1.29, 1.82) is 0 Å². The van der Waals surface area contributed by atoms with Crippen LogP contribution in [-0.2, 0) is 15.0 Å². The number of hydrogen-bond acceptors (Lipinski definition) is 5. The minimum absolute atomic E-state index is 0.0471. The molecular weight excluding hydrogens is 530 g/mol. The van der Waals surface area contributed by atoms with Crippen LogP contribution in [0.25, 0.3) is 0 Å². The molecule has 1 aromatic rings. The number of nitrogens with one attached hydrogen (secondary N) is 2. The Bertz CT molecular complexity index is 1160. The lowest BCUT2D eigenvalue weighted by molar-refractivity contribution is -0.128. The normalized spacial score (nSPS) is 34.0. The number of alkyl halides is 1. The number of benzene rings is 1. The van der Waals surface area contributed by atoms with Crippen LogP contribution in [0.15, 0.2) is 47.1 Å². The summed E-state index contributed by atoms with van der Waals surface area (Å²) in [5.41, 5.74) is -1.14. The molecule has 1 unspecified atom stereocenters. The zero-order chi connectivity index (χ0) is 28.0. The van der Waals surface area contributed by atoms with E-state index in [1.54, 1.807) is 25.1 Å². The van der Waals surface area contributed by atoms with Gasteiger partial charge in [0.2, 0.25) is 11.0 Å². The topological polar surface area (TPSA) is 78.4 Å². The minimum Gasteiger partial charge on any atom is -0.390 e. The van der Waals surface area contributed by atoms with Crippen molar-refractivity contribution in [3.05, 3.63) is 52.8 Å². The fourth-order valence-electron chi connectivity index (χ4n) is 6.49. The maximum Gasteiger partial charge on any atom is 0.237 e. The first-order chi connectivity index (χ1) is 17.7. The second-order valence-electron chi connectivity index (χ2n) is 12.5. The van der Waals surface area contributed by atoms with E-state index in [1.165, 1.54) is 6.08 Å². The number of allylic oxidation sites excluding steroid dienone is 4. The van der Waals surface area contributed by atoms with Crippen molar-refractivity contribution in [2.24, 2.45) is 17.3 Å². The Morgan fingerprint density at radius 3 is 2.66 bits per heavy atom. The van der Waals surface area contributed by atoms with Crippen LogP contribution in [0.1, 0.15) is 59.4 Å². The minimum atomic E-state index is -1.19. The number of halogens is 3. The molecule has 0 aromatic heterocycles. The van der Waals surface area contributed by atoms with Crippen molar-refractivity contribution in [2.45, 2.75) is 87.9 Å². The molecule has 0 bridgehead atoms. The molecule has 3 aliphatic rings. The molecule has 1 aromatic carbocycles. The summed E-state index contributed by atoms with van der Waals surface area (Å²) in [6.07, 6.45) is 5.83. The van der Waals surface area contributed by atoms with Crippen molar-refractivity contribution < 1.29 is 23.5 Å². The molecule has 208 valence electrons. The molecule has 1 amide bonds. The van der Waals surface area contributed by atoms with Crippen LogP contribution in [0, 0.1) is 17.3 Å². The molecule has 5 nitrogen and oxygen atoms in total. The molecule has 3 N–H and O–H groups in total. The third kappa shape index (κ3) is 5.60. The average molecular weight is 567 g/mol. The van der Waals surface area contributed by atoms with Gasteiger partial charge in [-0.2, -0.15) is 0 Å². The highest BCUT2D eigenvalue weighted by atomic mass is 35.5.